The Bertz CT molecular complexity index is 848. The van der Waals surface area contributed by atoms with Gasteiger partial charge in [-0.2, -0.15) is 0 Å². The van der Waals surface area contributed by atoms with E-state index in [0.717, 1.165) is 0 Å². The van der Waals surface area contributed by atoms with E-state index in [1.54, 1.807) is 6.92 Å². The molecule has 2 aromatic rings. The van der Waals surface area contributed by atoms with Gasteiger partial charge in [-0.1, -0.05) is 81.4 Å². The van der Waals surface area contributed by atoms with Gasteiger partial charge < -0.3 is 24.1 Å². The summed E-state index contributed by atoms with van der Waals surface area (Å²) in [7, 11) is -2.72. The molecule has 1 aliphatic heterocycles. The Morgan fingerprint density at radius 1 is 0.938 bits per heavy atom. The highest BCUT2D eigenvalue weighted by Gasteiger charge is 2.57. The smallest absolute Gasteiger partial charge is 0.261 e. The molecule has 6 heteroatoms. The van der Waals surface area contributed by atoms with Crippen molar-refractivity contribution in [3.63, 3.8) is 0 Å². The summed E-state index contributed by atoms with van der Waals surface area (Å²) in [6.45, 7) is 9.80. The highest BCUT2D eigenvalue weighted by atomic mass is 28.4. The maximum atomic E-state index is 10.9. The zero-order valence-corrected chi connectivity index (χ0v) is 20.6. The maximum absolute atomic E-state index is 10.9. The molecule has 1 heterocycles. The van der Waals surface area contributed by atoms with E-state index in [9.17, 15) is 10.2 Å². The Hall–Kier alpha value is -1.54. The van der Waals surface area contributed by atoms with Gasteiger partial charge in [-0.3, -0.25) is 0 Å². The van der Waals surface area contributed by atoms with E-state index in [2.05, 4.69) is 69.3 Å². The van der Waals surface area contributed by atoms with Crippen molar-refractivity contribution in [3.8, 4) is 0 Å². The van der Waals surface area contributed by atoms with Gasteiger partial charge in [-0.15, -0.1) is 0 Å². The van der Waals surface area contributed by atoms with Gasteiger partial charge in [0.15, 0.2) is 5.79 Å². The number of aliphatic hydroxyl groups excluding tert-OH is 1. The number of rotatable bonds is 5. The van der Waals surface area contributed by atoms with E-state index in [1.165, 1.54) is 10.4 Å². The zero-order valence-electron chi connectivity index (χ0n) is 19.6. The molecule has 1 saturated heterocycles. The number of ether oxygens (including phenoxy) is 2. The topological polar surface area (TPSA) is 68.2 Å². The van der Waals surface area contributed by atoms with E-state index < -0.39 is 25.8 Å². The minimum absolute atomic E-state index is 0.142. The predicted molar refractivity (Wildman–Crippen MR) is 128 cm³/mol. The zero-order chi connectivity index (χ0) is 23.0. The van der Waals surface area contributed by atoms with Crippen LogP contribution in [0.1, 0.15) is 40.5 Å². The third kappa shape index (κ3) is 4.09. The largest absolute Gasteiger partial charge is 0.407 e. The second-order valence-electron chi connectivity index (χ2n) is 10.5. The standard InChI is InChI=1S/C26H36O5Si/c1-24(2,3)32(21-11-7-5-8-12-21,22-13-9-6-10-14-22)31-19-20-17-25(4,28)23(27)18-26(20)29-15-16-30-26/h5-14,20,23,27-28H,15-19H2,1-4H3/t20-,23+,25-/m1/s1. The average molecular weight is 457 g/mol. The Balaban J connectivity index is 1.75. The van der Waals surface area contributed by atoms with Gasteiger partial charge in [0.2, 0.25) is 0 Å². The first kappa shape index (κ1) is 23.6. The van der Waals surface area contributed by atoms with E-state index in [0.29, 0.717) is 26.2 Å². The number of benzene rings is 2. The average Bonchev–Trinajstić information content (AvgIpc) is 3.22. The molecule has 3 atom stereocenters. The summed E-state index contributed by atoms with van der Waals surface area (Å²) in [5, 5.41) is 23.7. The molecule has 2 fully saturated rings. The molecule has 2 aliphatic rings. The molecular weight excluding hydrogens is 420 g/mol. The molecule has 0 radical (unpaired) electrons. The van der Waals surface area contributed by atoms with Crippen molar-refractivity contribution in [1.82, 2.24) is 0 Å². The summed E-state index contributed by atoms with van der Waals surface area (Å²) >= 11 is 0. The van der Waals surface area contributed by atoms with Crippen LogP contribution in [0.4, 0.5) is 0 Å². The number of hydrogen-bond acceptors (Lipinski definition) is 5. The van der Waals surface area contributed by atoms with Gasteiger partial charge in [0.25, 0.3) is 8.32 Å². The van der Waals surface area contributed by atoms with E-state index >= 15 is 0 Å². The lowest BCUT2D eigenvalue weighted by Crippen LogP contribution is -2.68. The van der Waals surface area contributed by atoms with Crippen LogP contribution in [-0.2, 0) is 13.9 Å². The van der Waals surface area contributed by atoms with Crippen LogP contribution in [0.15, 0.2) is 60.7 Å². The number of hydrogen-bond donors (Lipinski definition) is 2. The summed E-state index contributed by atoms with van der Waals surface area (Å²) in [5.41, 5.74) is -1.21. The minimum Gasteiger partial charge on any atom is -0.407 e. The fourth-order valence-electron chi connectivity index (χ4n) is 5.44. The van der Waals surface area contributed by atoms with Gasteiger partial charge in [0.05, 0.1) is 24.9 Å². The molecule has 0 amide bonds. The van der Waals surface area contributed by atoms with Crippen LogP contribution < -0.4 is 10.4 Å². The van der Waals surface area contributed by atoms with Crippen LogP contribution in [0.5, 0.6) is 0 Å². The third-order valence-corrected chi connectivity index (χ3v) is 12.2. The first-order valence-electron chi connectivity index (χ1n) is 11.5. The molecular formula is C26H36O5Si. The molecule has 5 nitrogen and oxygen atoms in total. The van der Waals surface area contributed by atoms with Crippen LogP contribution in [-0.4, -0.2) is 55.8 Å². The molecule has 32 heavy (non-hydrogen) atoms. The highest BCUT2D eigenvalue weighted by Crippen LogP contribution is 2.46. The summed E-state index contributed by atoms with van der Waals surface area (Å²) in [4.78, 5) is 0. The molecule has 0 unspecified atom stereocenters. The summed E-state index contributed by atoms with van der Waals surface area (Å²) < 4.78 is 19.2. The maximum Gasteiger partial charge on any atom is 0.261 e. The fraction of sp³-hybridized carbons (Fsp3) is 0.538. The molecule has 0 bridgehead atoms. The fourth-order valence-corrected chi connectivity index (χ4v) is 10.1. The molecule has 1 saturated carbocycles. The van der Waals surface area contributed by atoms with Crippen LogP contribution >= 0.6 is 0 Å². The van der Waals surface area contributed by atoms with Gasteiger partial charge >= 0.3 is 0 Å². The van der Waals surface area contributed by atoms with Crippen LogP contribution in [0.3, 0.4) is 0 Å². The lowest BCUT2D eigenvalue weighted by molar-refractivity contribution is -0.268. The van der Waals surface area contributed by atoms with Crippen molar-refractivity contribution in [2.24, 2.45) is 5.92 Å². The molecule has 174 valence electrons. The van der Waals surface area contributed by atoms with E-state index in [1.807, 2.05) is 12.1 Å². The van der Waals surface area contributed by atoms with Crippen molar-refractivity contribution in [1.29, 1.82) is 0 Å². The lowest BCUT2D eigenvalue weighted by Gasteiger charge is -2.49. The Morgan fingerprint density at radius 3 is 1.91 bits per heavy atom. The van der Waals surface area contributed by atoms with Gasteiger partial charge in [0, 0.05) is 18.9 Å². The van der Waals surface area contributed by atoms with Crippen LogP contribution in [0, 0.1) is 5.92 Å². The molecule has 2 N–H and O–H groups in total. The summed E-state index contributed by atoms with van der Waals surface area (Å²) in [6.07, 6.45) is -0.300. The molecule has 1 spiro atoms. The molecule has 2 aromatic carbocycles. The van der Waals surface area contributed by atoms with Crippen molar-refractivity contribution in [3.05, 3.63) is 60.7 Å². The normalized spacial score (nSPS) is 28.2. The molecule has 0 aromatic heterocycles. The summed E-state index contributed by atoms with van der Waals surface area (Å²) in [6, 6.07) is 21.0. The highest BCUT2D eigenvalue weighted by molar-refractivity contribution is 6.99. The Morgan fingerprint density at radius 2 is 1.44 bits per heavy atom. The predicted octanol–water partition coefficient (Wildman–Crippen LogP) is 2.83. The SMILES string of the molecule is CC(C)(C)[Si](OC[C@H]1C[C@@](C)(O)[C@@H](O)CC12OCCO2)(c1ccccc1)c1ccccc1. The Labute approximate surface area is 192 Å². The van der Waals surface area contributed by atoms with Gasteiger partial charge in [0.1, 0.15) is 0 Å². The number of aliphatic hydroxyl groups is 2. The van der Waals surface area contributed by atoms with E-state index in [4.69, 9.17) is 13.9 Å². The second kappa shape index (κ2) is 8.67. The van der Waals surface area contributed by atoms with Crippen molar-refractivity contribution < 1.29 is 24.1 Å². The van der Waals surface area contributed by atoms with Crippen LogP contribution in [0.25, 0.3) is 0 Å². The van der Waals surface area contributed by atoms with Gasteiger partial charge in [-0.25, -0.2) is 0 Å². The first-order valence-corrected chi connectivity index (χ1v) is 13.4. The quantitative estimate of drug-likeness (QED) is 0.678. The third-order valence-electron chi connectivity index (χ3n) is 7.17. The molecule has 1 aliphatic carbocycles. The summed E-state index contributed by atoms with van der Waals surface area (Å²) in [5.74, 6) is -1.10. The van der Waals surface area contributed by atoms with Crippen molar-refractivity contribution in [2.45, 2.75) is 63.1 Å². The minimum atomic E-state index is -2.72. The molecule has 4 rings (SSSR count). The van der Waals surface area contributed by atoms with E-state index in [-0.39, 0.29) is 17.4 Å². The second-order valence-corrected chi connectivity index (χ2v) is 14.8. The van der Waals surface area contributed by atoms with Crippen molar-refractivity contribution >= 4 is 18.7 Å². The monoisotopic (exact) mass is 456 g/mol. The lowest BCUT2D eigenvalue weighted by atomic mass is 9.73. The van der Waals surface area contributed by atoms with Crippen LogP contribution in [0.2, 0.25) is 5.04 Å². The first-order chi connectivity index (χ1) is 15.1. The van der Waals surface area contributed by atoms with Gasteiger partial charge in [-0.05, 0) is 28.8 Å². The van der Waals surface area contributed by atoms with Crippen molar-refractivity contribution in [2.75, 3.05) is 19.8 Å². The Kier molecular flexibility index (Phi) is 6.40.